The average Bonchev–Trinajstić information content (AvgIpc) is 2.55. The zero-order chi connectivity index (χ0) is 17.6. The predicted molar refractivity (Wildman–Crippen MR) is 90.5 cm³/mol. The highest BCUT2D eigenvalue weighted by atomic mass is 35.5. The van der Waals surface area contributed by atoms with E-state index in [0.29, 0.717) is 11.5 Å². The summed E-state index contributed by atoms with van der Waals surface area (Å²) in [7, 11) is -2.22. The van der Waals surface area contributed by atoms with E-state index >= 15 is 0 Å². The minimum Gasteiger partial charge on any atom is -0.493 e. The van der Waals surface area contributed by atoms with Crippen LogP contribution in [0.1, 0.15) is 5.56 Å². The van der Waals surface area contributed by atoms with Crippen molar-refractivity contribution in [3.63, 3.8) is 0 Å². The minimum atomic E-state index is -3.74. The Morgan fingerprint density at radius 1 is 1.12 bits per heavy atom. The number of hydrogen-bond donors (Lipinski definition) is 1. The Morgan fingerprint density at radius 2 is 1.83 bits per heavy atom. The fourth-order valence-corrected chi connectivity index (χ4v) is 3.49. The topological polar surface area (TPSA) is 64.6 Å². The van der Waals surface area contributed by atoms with Crippen molar-refractivity contribution in [3.05, 3.63) is 58.9 Å². The average molecular weight is 374 g/mol. The molecule has 0 amide bonds. The van der Waals surface area contributed by atoms with Crippen LogP contribution in [0.15, 0.2) is 42.5 Å². The fraction of sp³-hybridized carbons (Fsp3) is 0.250. The lowest BCUT2D eigenvalue weighted by Gasteiger charge is -2.11. The van der Waals surface area contributed by atoms with Crippen LogP contribution < -0.4 is 14.2 Å². The second-order valence-corrected chi connectivity index (χ2v) is 7.07. The Bertz CT molecular complexity index is 778. The van der Waals surface area contributed by atoms with Crippen LogP contribution in [0.5, 0.6) is 11.5 Å². The molecule has 0 fully saturated rings. The number of rotatable bonds is 8. The van der Waals surface area contributed by atoms with Gasteiger partial charge in [-0.05, 0) is 24.3 Å². The first-order valence-electron chi connectivity index (χ1n) is 7.09. The lowest BCUT2D eigenvalue weighted by atomic mass is 10.2. The molecule has 0 spiro atoms. The van der Waals surface area contributed by atoms with Gasteiger partial charge in [-0.2, -0.15) is 0 Å². The summed E-state index contributed by atoms with van der Waals surface area (Å²) in [4.78, 5) is 0. The maximum Gasteiger partial charge on any atom is 0.216 e. The Hall–Kier alpha value is -1.83. The fourth-order valence-electron chi connectivity index (χ4n) is 2.01. The molecule has 2 aromatic rings. The Labute approximate surface area is 145 Å². The number of benzene rings is 2. The van der Waals surface area contributed by atoms with Gasteiger partial charge in [0.1, 0.15) is 12.4 Å². The largest absolute Gasteiger partial charge is 0.493 e. The maximum absolute atomic E-state index is 13.7. The molecule has 0 aliphatic carbocycles. The van der Waals surface area contributed by atoms with E-state index in [1.54, 1.807) is 24.3 Å². The molecule has 2 aromatic carbocycles. The molecule has 0 bridgehead atoms. The van der Waals surface area contributed by atoms with E-state index in [1.807, 2.05) is 0 Å². The maximum atomic E-state index is 13.7. The Balaban J connectivity index is 1.89. The summed E-state index contributed by atoms with van der Waals surface area (Å²) in [5.41, 5.74) is -0.0580. The van der Waals surface area contributed by atoms with Gasteiger partial charge in [-0.15, -0.1) is 0 Å². The van der Waals surface area contributed by atoms with Gasteiger partial charge in [0, 0.05) is 17.1 Å². The quantitative estimate of drug-likeness (QED) is 0.722. The normalized spacial score (nSPS) is 11.3. The number of halogens is 2. The molecule has 130 valence electrons. The van der Waals surface area contributed by atoms with Crippen LogP contribution >= 0.6 is 11.6 Å². The van der Waals surface area contributed by atoms with Gasteiger partial charge < -0.3 is 9.47 Å². The molecule has 0 heterocycles. The van der Waals surface area contributed by atoms with Crippen LogP contribution in [0.4, 0.5) is 4.39 Å². The molecule has 2 rings (SSSR count). The third-order valence-corrected chi connectivity index (χ3v) is 4.81. The lowest BCUT2D eigenvalue weighted by molar-refractivity contribution is 0.298. The zero-order valence-electron chi connectivity index (χ0n) is 13.0. The van der Waals surface area contributed by atoms with E-state index in [-0.39, 0.29) is 23.7 Å². The smallest absolute Gasteiger partial charge is 0.216 e. The molecular formula is C16H17ClFNO4S. The summed E-state index contributed by atoms with van der Waals surface area (Å²) < 4.78 is 50.7. The SMILES string of the molecule is COc1ccccc1OCCNS(=O)(=O)Cc1c(F)cccc1Cl. The third kappa shape index (κ3) is 5.09. The van der Waals surface area contributed by atoms with Crippen molar-refractivity contribution >= 4 is 21.6 Å². The molecule has 0 aromatic heterocycles. The number of para-hydroxylation sites is 2. The number of methoxy groups -OCH3 is 1. The van der Waals surface area contributed by atoms with Crippen molar-refractivity contribution in [1.82, 2.24) is 4.72 Å². The molecule has 0 saturated carbocycles. The van der Waals surface area contributed by atoms with E-state index in [0.717, 1.165) is 0 Å². The van der Waals surface area contributed by atoms with Crippen LogP contribution in [-0.2, 0) is 15.8 Å². The molecule has 8 heteroatoms. The Morgan fingerprint density at radius 3 is 2.50 bits per heavy atom. The van der Waals surface area contributed by atoms with Gasteiger partial charge in [0.15, 0.2) is 11.5 Å². The minimum absolute atomic E-state index is 0.0342. The number of nitrogens with one attached hydrogen (secondary N) is 1. The van der Waals surface area contributed by atoms with Crippen molar-refractivity contribution in [1.29, 1.82) is 0 Å². The van der Waals surface area contributed by atoms with E-state index in [2.05, 4.69) is 4.72 Å². The van der Waals surface area contributed by atoms with Crippen LogP contribution in [-0.4, -0.2) is 28.7 Å². The van der Waals surface area contributed by atoms with Gasteiger partial charge >= 0.3 is 0 Å². The van der Waals surface area contributed by atoms with Crippen LogP contribution in [0, 0.1) is 5.82 Å². The first kappa shape index (κ1) is 18.5. The highest BCUT2D eigenvalue weighted by Gasteiger charge is 2.17. The molecule has 0 aliphatic rings. The predicted octanol–water partition coefficient (Wildman–Crippen LogP) is 2.99. The first-order chi connectivity index (χ1) is 11.4. The molecular weight excluding hydrogens is 357 g/mol. The summed E-state index contributed by atoms with van der Waals surface area (Å²) in [5, 5.41) is 0.0747. The summed E-state index contributed by atoms with van der Waals surface area (Å²) in [6, 6.07) is 11.1. The number of hydrogen-bond acceptors (Lipinski definition) is 4. The molecule has 0 saturated heterocycles. The lowest BCUT2D eigenvalue weighted by Crippen LogP contribution is -2.29. The van der Waals surface area contributed by atoms with Gasteiger partial charge in [-0.25, -0.2) is 17.5 Å². The first-order valence-corrected chi connectivity index (χ1v) is 9.12. The van der Waals surface area contributed by atoms with E-state index in [9.17, 15) is 12.8 Å². The number of ether oxygens (including phenoxy) is 2. The molecule has 5 nitrogen and oxygen atoms in total. The van der Waals surface area contributed by atoms with Gasteiger partial charge in [0.2, 0.25) is 10.0 Å². The second kappa shape index (κ2) is 8.32. The monoisotopic (exact) mass is 373 g/mol. The van der Waals surface area contributed by atoms with Crippen molar-refractivity contribution < 1.29 is 22.3 Å². The summed E-state index contributed by atoms with van der Waals surface area (Å²) in [6.07, 6.45) is 0. The van der Waals surface area contributed by atoms with Gasteiger partial charge in [0.05, 0.1) is 12.9 Å². The van der Waals surface area contributed by atoms with Crippen molar-refractivity contribution in [2.75, 3.05) is 20.3 Å². The van der Waals surface area contributed by atoms with Crippen molar-refractivity contribution in [2.24, 2.45) is 0 Å². The van der Waals surface area contributed by atoms with Crippen molar-refractivity contribution in [2.45, 2.75) is 5.75 Å². The summed E-state index contributed by atoms with van der Waals surface area (Å²) in [5.74, 6) is -0.124. The second-order valence-electron chi connectivity index (χ2n) is 4.85. The molecule has 24 heavy (non-hydrogen) atoms. The van der Waals surface area contributed by atoms with Gasteiger partial charge in [-0.3, -0.25) is 0 Å². The van der Waals surface area contributed by atoms with E-state index < -0.39 is 21.6 Å². The molecule has 0 radical (unpaired) electrons. The number of sulfonamides is 1. The highest BCUT2D eigenvalue weighted by Crippen LogP contribution is 2.25. The zero-order valence-corrected chi connectivity index (χ0v) is 14.5. The van der Waals surface area contributed by atoms with Crippen molar-refractivity contribution in [3.8, 4) is 11.5 Å². The Kier molecular flexibility index (Phi) is 6.42. The molecule has 0 aliphatic heterocycles. The van der Waals surface area contributed by atoms with Crippen LogP contribution in [0.25, 0.3) is 0 Å². The summed E-state index contributed by atoms with van der Waals surface area (Å²) >= 11 is 5.84. The highest BCUT2D eigenvalue weighted by molar-refractivity contribution is 7.88. The summed E-state index contributed by atoms with van der Waals surface area (Å²) in [6.45, 7) is 0.136. The van der Waals surface area contributed by atoms with Crippen LogP contribution in [0.3, 0.4) is 0 Å². The third-order valence-electron chi connectivity index (χ3n) is 3.15. The van der Waals surface area contributed by atoms with E-state index in [4.69, 9.17) is 21.1 Å². The molecule has 0 atom stereocenters. The molecule has 1 N–H and O–H groups in total. The standard InChI is InChI=1S/C16H17ClFNO4S/c1-22-15-7-2-3-8-16(15)23-10-9-19-24(20,21)11-12-13(17)5-4-6-14(12)18/h2-8,19H,9-11H2,1H3. The van der Waals surface area contributed by atoms with Gasteiger partial charge in [-0.1, -0.05) is 29.8 Å². The van der Waals surface area contributed by atoms with Gasteiger partial charge in [0.25, 0.3) is 0 Å². The molecule has 0 unspecified atom stereocenters. The van der Waals surface area contributed by atoms with E-state index in [1.165, 1.54) is 25.3 Å². The van der Waals surface area contributed by atoms with Crippen LogP contribution in [0.2, 0.25) is 5.02 Å².